The van der Waals surface area contributed by atoms with Gasteiger partial charge in [0.15, 0.2) is 0 Å². The van der Waals surface area contributed by atoms with Crippen LogP contribution >= 0.6 is 23.6 Å². The van der Waals surface area contributed by atoms with Crippen LogP contribution in [0.5, 0.6) is 0 Å². The molecule has 0 atom stereocenters. The first-order valence-corrected chi connectivity index (χ1v) is 15.8. The van der Waals surface area contributed by atoms with Crippen molar-refractivity contribution in [3.05, 3.63) is 71.0 Å². The number of piperidine rings is 1. The SMILES string of the molecule is CCCS(=O)(=O)N1CCC(n2cc(-c3cccc(C(N)=S)c3)c3ccc(CCc4ncc(N)s4)cc32)CC1. The highest BCUT2D eigenvalue weighted by Crippen LogP contribution is 2.37. The van der Waals surface area contributed by atoms with Gasteiger partial charge in [-0.25, -0.2) is 17.7 Å². The molecule has 7 nitrogen and oxygen atoms in total. The summed E-state index contributed by atoms with van der Waals surface area (Å²) in [5.41, 5.74) is 17.2. The lowest BCUT2D eigenvalue weighted by Gasteiger charge is -2.32. The van der Waals surface area contributed by atoms with Gasteiger partial charge in [0, 0.05) is 53.8 Å². The van der Waals surface area contributed by atoms with E-state index in [1.807, 2.05) is 25.1 Å². The molecule has 0 bridgehead atoms. The maximum Gasteiger partial charge on any atom is 0.214 e. The van der Waals surface area contributed by atoms with Gasteiger partial charge in [0.1, 0.15) is 9.99 Å². The Morgan fingerprint density at radius 1 is 1.16 bits per heavy atom. The molecule has 5 rings (SSSR count). The minimum atomic E-state index is -3.18. The van der Waals surface area contributed by atoms with Gasteiger partial charge >= 0.3 is 0 Å². The van der Waals surface area contributed by atoms with Crippen molar-refractivity contribution in [2.45, 2.75) is 45.1 Å². The van der Waals surface area contributed by atoms with Gasteiger partial charge in [0.05, 0.1) is 17.0 Å². The van der Waals surface area contributed by atoms with E-state index in [1.165, 1.54) is 16.9 Å². The Kier molecular flexibility index (Phi) is 7.85. The van der Waals surface area contributed by atoms with E-state index in [9.17, 15) is 8.42 Å². The number of hydrogen-bond donors (Lipinski definition) is 2. The number of thiazole rings is 1. The molecule has 2 aromatic carbocycles. The van der Waals surface area contributed by atoms with Crippen LogP contribution in [0, 0.1) is 0 Å². The predicted molar refractivity (Wildman–Crippen MR) is 161 cm³/mol. The summed E-state index contributed by atoms with van der Waals surface area (Å²) in [5.74, 6) is 0.210. The lowest BCUT2D eigenvalue weighted by molar-refractivity contribution is 0.278. The molecule has 1 saturated heterocycles. The fourth-order valence-electron chi connectivity index (χ4n) is 5.30. The Balaban J connectivity index is 1.50. The molecule has 1 fully saturated rings. The highest BCUT2D eigenvalue weighted by molar-refractivity contribution is 7.89. The number of thiocarbonyl (C=S) groups is 1. The Hall–Kier alpha value is -2.79. The van der Waals surface area contributed by atoms with Crippen molar-refractivity contribution in [1.29, 1.82) is 0 Å². The van der Waals surface area contributed by atoms with Gasteiger partial charge in [-0.1, -0.05) is 49.5 Å². The number of rotatable bonds is 9. The molecular formula is C28H33N5O2S3. The molecule has 1 aliphatic heterocycles. The molecular weight excluding hydrogens is 535 g/mol. The summed E-state index contributed by atoms with van der Waals surface area (Å²) in [4.78, 5) is 4.78. The van der Waals surface area contributed by atoms with Crippen LogP contribution in [0.15, 0.2) is 54.9 Å². The lowest BCUT2D eigenvalue weighted by Crippen LogP contribution is -2.40. The van der Waals surface area contributed by atoms with Gasteiger partial charge in [-0.05, 0) is 48.9 Å². The van der Waals surface area contributed by atoms with Crippen LogP contribution in [-0.2, 0) is 22.9 Å². The lowest BCUT2D eigenvalue weighted by atomic mass is 10.0. The van der Waals surface area contributed by atoms with Crippen molar-refractivity contribution < 1.29 is 8.42 Å². The van der Waals surface area contributed by atoms with Crippen molar-refractivity contribution in [3.63, 3.8) is 0 Å². The minimum Gasteiger partial charge on any atom is -0.389 e. The second kappa shape index (κ2) is 11.1. The molecule has 10 heteroatoms. The molecule has 4 N–H and O–H groups in total. The first-order valence-electron chi connectivity index (χ1n) is 13.0. The smallest absolute Gasteiger partial charge is 0.214 e. The fraction of sp³-hybridized carbons (Fsp3) is 0.357. The molecule has 0 spiro atoms. The Labute approximate surface area is 233 Å². The van der Waals surface area contributed by atoms with E-state index in [-0.39, 0.29) is 11.8 Å². The topological polar surface area (TPSA) is 107 Å². The van der Waals surface area contributed by atoms with E-state index in [1.54, 1.807) is 10.5 Å². The molecule has 0 saturated carbocycles. The summed E-state index contributed by atoms with van der Waals surface area (Å²) in [6.07, 6.45) is 7.84. The molecule has 3 heterocycles. The van der Waals surface area contributed by atoms with Crippen LogP contribution < -0.4 is 11.5 Å². The van der Waals surface area contributed by atoms with Crippen molar-refractivity contribution >= 4 is 54.5 Å². The molecule has 2 aromatic heterocycles. The molecule has 0 radical (unpaired) electrons. The monoisotopic (exact) mass is 567 g/mol. The third-order valence-electron chi connectivity index (χ3n) is 7.23. The van der Waals surface area contributed by atoms with Crippen LogP contribution in [0.4, 0.5) is 5.00 Å². The third kappa shape index (κ3) is 5.63. The summed E-state index contributed by atoms with van der Waals surface area (Å²) in [6.45, 7) is 3.00. The first-order chi connectivity index (χ1) is 18.2. The highest BCUT2D eigenvalue weighted by Gasteiger charge is 2.29. The van der Waals surface area contributed by atoms with E-state index >= 15 is 0 Å². The van der Waals surface area contributed by atoms with Gasteiger partial charge in [0.25, 0.3) is 0 Å². The van der Waals surface area contributed by atoms with Crippen molar-refractivity contribution in [3.8, 4) is 11.1 Å². The molecule has 1 aliphatic rings. The summed E-state index contributed by atoms with van der Waals surface area (Å²) >= 11 is 6.76. The largest absolute Gasteiger partial charge is 0.389 e. The number of aromatic nitrogens is 2. The molecule has 4 aromatic rings. The van der Waals surface area contributed by atoms with E-state index in [0.717, 1.165) is 63.3 Å². The van der Waals surface area contributed by atoms with Gasteiger partial charge in [-0.2, -0.15) is 0 Å². The van der Waals surface area contributed by atoms with Crippen molar-refractivity contribution in [2.75, 3.05) is 24.6 Å². The van der Waals surface area contributed by atoms with Crippen LogP contribution in [0.3, 0.4) is 0 Å². The number of sulfonamides is 1. The van der Waals surface area contributed by atoms with Gasteiger partial charge < -0.3 is 16.0 Å². The summed E-state index contributed by atoms with van der Waals surface area (Å²) in [7, 11) is -3.18. The van der Waals surface area contributed by atoms with E-state index in [4.69, 9.17) is 23.7 Å². The normalized spacial score (nSPS) is 15.3. The van der Waals surface area contributed by atoms with E-state index < -0.39 is 10.0 Å². The van der Waals surface area contributed by atoms with E-state index in [2.05, 4.69) is 40.0 Å². The van der Waals surface area contributed by atoms with Crippen molar-refractivity contribution in [1.82, 2.24) is 13.9 Å². The number of anilines is 1. The zero-order valence-corrected chi connectivity index (χ0v) is 23.9. The Morgan fingerprint density at radius 3 is 2.63 bits per heavy atom. The first kappa shape index (κ1) is 26.8. The molecule has 38 heavy (non-hydrogen) atoms. The third-order valence-corrected chi connectivity index (χ3v) is 10.4. The number of hydrogen-bond acceptors (Lipinski definition) is 6. The van der Waals surface area contributed by atoms with Crippen LogP contribution in [0.25, 0.3) is 22.0 Å². The standard InChI is InChI=1S/C28H33N5O2S3/c1-2-14-38(34,35)32-12-10-22(11-13-32)33-18-24(20-4-3-5-21(16-20)28(30)36)23-8-6-19(15-25(23)33)7-9-27-31-17-26(29)37-27/h3-6,8,15-18,22H,2,7,9-14,29H2,1H3,(H2,30,36). The van der Waals surface area contributed by atoms with Crippen LogP contribution in [-0.4, -0.2) is 46.1 Å². The number of aryl methyl sites for hydroxylation is 2. The fourth-order valence-corrected chi connectivity index (χ4v) is 7.66. The molecule has 0 amide bonds. The Morgan fingerprint density at radius 2 is 1.95 bits per heavy atom. The van der Waals surface area contributed by atoms with Crippen LogP contribution in [0.2, 0.25) is 0 Å². The molecule has 0 unspecified atom stereocenters. The second-order valence-electron chi connectivity index (χ2n) is 9.85. The van der Waals surface area contributed by atoms with Gasteiger partial charge in [-0.3, -0.25) is 0 Å². The van der Waals surface area contributed by atoms with Gasteiger partial charge in [0.2, 0.25) is 10.0 Å². The zero-order valence-electron chi connectivity index (χ0n) is 21.5. The average Bonchev–Trinajstić information content (AvgIpc) is 3.50. The molecule has 0 aliphatic carbocycles. The summed E-state index contributed by atoms with van der Waals surface area (Å²) in [5, 5.41) is 2.93. The molecule has 200 valence electrons. The maximum atomic E-state index is 12.6. The number of nitrogens with zero attached hydrogens (tertiary/aromatic N) is 3. The second-order valence-corrected chi connectivity index (χ2v) is 13.5. The van der Waals surface area contributed by atoms with Crippen molar-refractivity contribution in [2.24, 2.45) is 5.73 Å². The minimum absolute atomic E-state index is 0.210. The zero-order chi connectivity index (χ0) is 26.9. The average molecular weight is 568 g/mol. The highest BCUT2D eigenvalue weighted by atomic mass is 32.2. The quantitative estimate of drug-likeness (QED) is 0.271. The number of benzene rings is 2. The number of nitrogen functional groups attached to an aromatic ring is 1. The maximum absolute atomic E-state index is 12.6. The number of fused-ring (bicyclic) bond motifs is 1. The van der Waals surface area contributed by atoms with Crippen LogP contribution in [0.1, 0.15) is 48.4 Å². The number of nitrogens with two attached hydrogens (primary N) is 2. The van der Waals surface area contributed by atoms with Gasteiger partial charge in [-0.15, -0.1) is 11.3 Å². The van der Waals surface area contributed by atoms with E-state index in [0.29, 0.717) is 24.5 Å². The summed E-state index contributed by atoms with van der Waals surface area (Å²) < 4.78 is 29.3. The predicted octanol–water partition coefficient (Wildman–Crippen LogP) is 5.14. The summed E-state index contributed by atoms with van der Waals surface area (Å²) in [6, 6.07) is 14.9. The Bertz CT molecular complexity index is 1570.